The van der Waals surface area contributed by atoms with Crippen molar-refractivity contribution in [1.82, 2.24) is 4.72 Å². The molecule has 4 heteroatoms. The molecule has 3 nitrogen and oxygen atoms in total. The van der Waals surface area contributed by atoms with Crippen molar-refractivity contribution in [3.05, 3.63) is 0 Å². The monoisotopic (exact) mass is 221 g/mol. The van der Waals surface area contributed by atoms with Crippen LogP contribution in [0.15, 0.2) is 0 Å². The zero-order chi connectivity index (χ0) is 11.0. The van der Waals surface area contributed by atoms with Crippen LogP contribution in [-0.4, -0.2) is 20.7 Å². The summed E-state index contributed by atoms with van der Waals surface area (Å²) in [6.45, 7) is 6.78. The molecule has 0 aromatic rings. The van der Waals surface area contributed by atoms with E-state index in [0.717, 1.165) is 25.7 Å². The first-order valence-electron chi connectivity index (χ1n) is 5.53. The van der Waals surface area contributed by atoms with Gasteiger partial charge in [0.1, 0.15) is 0 Å². The van der Waals surface area contributed by atoms with Gasteiger partial charge >= 0.3 is 0 Å². The highest BCUT2D eigenvalue weighted by molar-refractivity contribution is 7.89. The quantitative estimate of drug-likeness (QED) is 0.682. The fourth-order valence-electron chi connectivity index (χ4n) is 1.23. The molecular formula is C10H23NO2S. The number of unbranched alkanes of at least 4 members (excludes halogenated alkanes) is 1. The number of nitrogens with one attached hydrogen (secondary N) is 1. The van der Waals surface area contributed by atoms with E-state index in [0.29, 0.717) is 12.5 Å². The summed E-state index contributed by atoms with van der Waals surface area (Å²) in [5.41, 5.74) is 0. The Hall–Kier alpha value is -0.0900. The summed E-state index contributed by atoms with van der Waals surface area (Å²) in [6, 6.07) is 0. The van der Waals surface area contributed by atoms with Gasteiger partial charge < -0.3 is 0 Å². The van der Waals surface area contributed by atoms with Gasteiger partial charge in [-0.1, -0.05) is 40.0 Å². The molecule has 14 heavy (non-hydrogen) atoms. The van der Waals surface area contributed by atoms with E-state index in [9.17, 15) is 8.42 Å². The Morgan fingerprint density at radius 1 is 1.14 bits per heavy atom. The Morgan fingerprint density at radius 2 is 1.71 bits per heavy atom. The molecule has 0 aliphatic carbocycles. The third-order valence-corrected chi connectivity index (χ3v) is 3.95. The van der Waals surface area contributed by atoms with E-state index < -0.39 is 10.0 Å². The van der Waals surface area contributed by atoms with E-state index in [4.69, 9.17) is 0 Å². The molecule has 0 bridgehead atoms. The summed E-state index contributed by atoms with van der Waals surface area (Å²) in [7, 11) is -3.01. The Kier molecular flexibility index (Phi) is 7.19. The third-order valence-electron chi connectivity index (χ3n) is 2.51. The molecule has 0 aromatic heterocycles. The van der Waals surface area contributed by atoms with Crippen molar-refractivity contribution in [2.45, 2.75) is 46.5 Å². The maximum atomic E-state index is 11.4. The van der Waals surface area contributed by atoms with Gasteiger partial charge in [-0.3, -0.25) is 0 Å². The lowest BCUT2D eigenvalue weighted by molar-refractivity contribution is 0.478. The second-order valence-corrected chi connectivity index (χ2v) is 5.63. The Bertz CT molecular complexity index is 220. The van der Waals surface area contributed by atoms with Crippen LogP contribution in [0.1, 0.15) is 46.5 Å². The number of hydrogen-bond acceptors (Lipinski definition) is 2. The van der Waals surface area contributed by atoms with Crippen LogP contribution in [0.4, 0.5) is 0 Å². The van der Waals surface area contributed by atoms with Crippen molar-refractivity contribution >= 4 is 10.0 Å². The first-order chi connectivity index (χ1) is 6.55. The molecular weight excluding hydrogens is 198 g/mol. The molecule has 0 fully saturated rings. The molecule has 0 aliphatic rings. The van der Waals surface area contributed by atoms with Crippen molar-refractivity contribution in [1.29, 1.82) is 0 Å². The smallest absolute Gasteiger partial charge is 0.211 e. The zero-order valence-electron chi connectivity index (χ0n) is 9.54. The summed E-state index contributed by atoms with van der Waals surface area (Å²) in [4.78, 5) is 0. The minimum atomic E-state index is -3.01. The minimum absolute atomic E-state index is 0.268. The molecule has 0 atom stereocenters. The second kappa shape index (κ2) is 7.23. The standard InChI is InChI=1S/C10H23NO2S/c1-4-7-8-14(12,13)11-9-10(5-2)6-3/h10-11H,4-9H2,1-3H3. The van der Waals surface area contributed by atoms with Gasteiger partial charge in [-0.25, -0.2) is 13.1 Å². The van der Waals surface area contributed by atoms with Crippen molar-refractivity contribution < 1.29 is 8.42 Å². The molecule has 0 rings (SSSR count). The number of hydrogen-bond donors (Lipinski definition) is 1. The van der Waals surface area contributed by atoms with E-state index in [-0.39, 0.29) is 5.75 Å². The van der Waals surface area contributed by atoms with Crippen LogP contribution in [0.25, 0.3) is 0 Å². The van der Waals surface area contributed by atoms with Gasteiger partial charge in [0.05, 0.1) is 5.75 Å². The van der Waals surface area contributed by atoms with E-state index in [2.05, 4.69) is 18.6 Å². The Labute approximate surface area is 88.3 Å². The summed E-state index contributed by atoms with van der Waals surface area (Å²) in [5, 5.41) is 0. The van der Waals surface area contributed by atoms with Gasteiger partial charge in [0, 0.05) is 6.54 Å². The summed E-state index contributed by atoms with van der Waals surface area (Å²) in [6.07, 6.45) is 3.74. The predicted octanol–water partition coefficient (Wildman–Crippen LogP) is 2.14. The SMILES string of the molecule is CCCCS(=O)(=O)NCC(CC)CC. The average molecular weight is 221 g/mol. The van der Waals surface area contributed by atoms with Gasteiger partial charge in [-0.05, 0) is 12.3 Å². The van der Waals surface area contributed by atoms with Gasteiger partial charge in [0.25, 0.3) is 0 Å². The van der Waals surface area contributed by atoms with Gasteiger partial charge in [-0.15, -0.1) is 0 Å². The summed E-state index contributed by atoms with van der Waals surface area (Å²) >= 11 is 0. The third kappa shape index (κ3) is 6.38. The topological polar surface area (TPSA) is 46.2 Å². The van der Waals surface area contributed by atoms with E-state index >= 15 is 0 Å². The second-order valence-electron chi connectivity index (χ2n) is 3.70. The molecule has 0 amide bonds. The van der Waals surface area contributed by atoms with Crippen molar-refractivity contribution in [3.63, 3.8) is 0 Å². The lowest BCUT2D eigenvalue weighted by Crippen LogP contribution is -2.31. The van der Waals surface area contributed by atoms with Gasteiger partial charge in [0.15, 0.2) is 0 Å². The Morgan fingerprint density at radius 3 is 2.14 bits per heavy atom. The maximum absolute atomic E-state index is 11.4. The molecule has 0 aliphatic heterocycles. The summed E-state index contributed by atoms with van der Waals surface area (Å²) < 4.78 is 25.5. The highest BCUT2D eigenvalue weighted by Gasteiger charge is 2.11. The van der Waals surface area contributed by atoms with Crippen LogP contribution in [0.3, 0.4) is 0 Å². The molecule has 0 saturated carbocycles. The summed E-state index contributed by atoms with van der Waals surface area (Å²) in [5.74, 6) is 0.746. The predicted molar refractivity (Wildman–Crippen MR) is 60.8 cm³/mol. The normalized spacial score (nSPS) is 12.3. The Balaban J connectivity index is 3.86. The maximum Gasteiger partial charge on any atom is 0.211 e. The lowest BCUT2D eigenvalue weighted by Gasteiger charge is -2.13. The van der Waals surface area contributed by atoms with Crippen molar-refractivity contribution in [2.24, 2.45) is 5.92 Å². The highest BCUT2D eigenvalue weighted by Crippen LogP contribution is 2.06. The van der Waals surface area contributed by atoms with E-state index in [1.807, 2.05) is 6.92 Å². The van der Waals surface area contributed by atoms with Crippen LogP contribution >= 0.6 is 0 Å². The van der Waals surface area contributed by atoms with Crippen molar-refractivity contribution in [3.8, 4) is 0 Å². The van der Waals surface area contributed by atoms with E-state index in [1.54, 1.807) is 0 Å². The number of sulfonamides is 1. The number of rotatable bonds is 8. The fraction of sp³-hybridized carbons (Fsp3) is 1.00. The average Bonchev–Trinajstić information content (AvgIpc) is 2.16. The molecule has 0 aromatic carbocycles. The lowest BCUT2D eigenvalue weighted by atomic mass is 10.0. The van der Waals surface area contributed by atoms with Gasteiger partial charge in [-0.2, -0.15) is 0 Å². The molecule has 0 heterocycles. The minimum Gasteiger partial charge on any atom is -0.215 e. The van der Waals surface area contributed by atoms with Crippen molar-refractivity contribution in [2.75, 3.05) is 12.3 Å². The molecule has 0 spiro atoms. The molecule has 0 saturated heterocycles. The molecule has 0 unspecified atom stereocenters. The first kappa shape index (κ1) is 13.9. The van der Waals surface area contributed by atoms with Crippen LogP contribution in [-0.2, 0) is 10.0 Å². The van der Waals surface area contributed by atoms with E-state index in [1.165, 1.54) is 0 Å². The zero-order valence-corrected chi connectivity index (χ0v) is 10.4. The van der Waals surface area contributed by atoms with Crippen LogP contribution < -0.4 is 4.72 Å². The molecule has 0 radical (unpaired) electrons. The molecule has 1 N–H and O–H groups in total. The van der Waals surface area contributed by atoms with Gasteiger partial charge in [0.2, 0.25) is 10.0 Å². The molecule has 86 valence electrons. The fourth-order valence-corrected chi connectivity index (χ4v) is 2.53. The van der Waals surface area contributed by atoms with Crippen LogP contribution in [0.5, 0.6) is 0 Å². The first-order valence-corrected chi connectivity index (χ1v) is 7.18. The van der Waals surface area contributed by atoms with Crippen LogP contribution in [0.2, 0.25) is 0 Å². The largest absolute Gasteiger partial charge is 0.215 e. The van der Waals surface area contributed by atoms with Crippen LogP contribution in [0, 0.1) is 5.92 Å². The highest BCUT2D eigenvalue weighted by atomic mass is 32.2.